The van der Waals surface area contributed by atoms with Crippen molar-refractivity contribution in [3.05, 3.63) is 40.4 Å². The lowest BCUT2D eigenvalue weighted by Gasteiger charge is -2.31. The van der Waals surface area contributed by atoms with Crippen LogP contribution < -0.4 is 10.6 Å². The summed E-state index contributed by atoms with van der Waals surface area (Å²) in [6.07, 6.45) is 0.284. The number of amides is 2. The van der Waals surface area contributed by atoms with Crippen molar-refractivity contribution >= 4 is 22.5 Å². The number of hydrogen-bond donors (Lipinski definition) is 2. The molecule has 1 saturated heterocycles. The minimum atomic E-state index is -0.274. The van der Waals surface area contributed by atoms with Crippen molar-refractivity contribution in [3.63, 3.8) is 0 Å². The average molecular weight is 361 g/mol. The van der Waals surface area contributed by atoms with Crippen LogP contribution in [0.25, 0.3) is 0 Å². The van der Waals surface area contributed by atoms with E-state index in [0.717, 1.165) is 36.8 Å². The number of morpholine rings is 1. The fraction of sp³-hybridized carbons (Fsp3) is 0.471. The number of rotatable bonds is 5. The highest BCUT2D eigenvalue weighted by molar-refractivity contribution is 7.15. The monoisotopic (exact) mass is 361 g/mol. The van der Waals surface area contributed by atoms with Crippen LogP contribution in [0.1, 0.15) is 23.1 Å². The number of nitrogens with zero attached hydrogens (tertiary/aromatic N) is 3. The molecule has 1 atom stereocenters. The maximum absolute atomic E-state index is 11.9. The third-order valence-electron chi connectivity index (χ3n) is 3.92. The number of aromatic nitrogens is 2. The normalized spacial score (nSPS) is 18.1. The molecule has 0 radical (unpaired) electrons. The molecular weight excluding hydrogens is 338 g/mol. The van der Waals surface area contributed by atoms with E-state index in [-0.39, 0.29) is 12.1 Å². The molecule has 1 fully saturated rings. The Labute approximate surface area is 151 Å². The van der Waals surface area contributed by atoms with Crippen molar-refractivity contribution in [1.29, 1.82) is 0 Å². The average Bonchev–Trinajstić information content (AvgIpc) is 2.98. The number of ether oxygens (including phenoxy) is 1. The van der Waals surface area contributed by atoms with E-state index in [9.17, 15) is 4.79 Å². The van der Waals surface area contributed by atoms with Gasteiger partial charge in [-0.15, -0.1) is 10.2 Å². The fourth-order valence-electron chi connectivity index (χ4n) is 2.80. The Morgan fingerprint density at radius 3 is 3.00 bits per heavy atom. The Kier molecular flexibility index (Phi) is 5.95. The molecule has 0 bridgehead atoms. The van der Waals surface area contributed by atoms with Gasteiger partial charge in [0.25, 0.3) is 0 Å². The first kappa shape index (κ1) is 17.8. The maximum Gasteiger partial charge on any atom is 0.321 e. The van der Waals surface area contributed by atoms with E-state index < -0.39 is 0 Å². The molecule has 3 rings (SSSR count). The first-order valence-electron chi connectivity index (χ1n) is 8.35. The van der Waals surface area contributed by atoms with Gasteiger partial charge in [0.05, 0.1) is 12.7 Å². The fourth-order valence-corrected chi connectivity index (χ4v) is 3.39. The number of carbonyl (C=O) groups is 1. The molecule has 8 heteroatoms. The van der Waals surface area contributed by atoms with Gasteiger partial charge in [-0.25, -0.2) is 4.79 Å². The Hall–Kier alpha value is -2.03. The second-order valence-corrected chi connectivity index (χ2v) is 7.35. The van der Waals surface area contributed by atoms with E-state index >= 15 is 0 Å². The van der Waals surface area contributed by atoms with Gasteiger partial charge in [-0.1, -0.05) is 35.6 Å². The van der Waals surface area contributed by atoms with Crippen LogP contribution in [0.4, 0.5) is 9.93 Å². The molecule has 25 heavy (non-hydrogen) atoms. The third-order valence-corrected chi connectivity index (χ3v) is 4.68. The molecule has 1 aromatic heterocycles. The van der Waals surface area contributed by atoms with Gasteiger partial charge in [-0.05, 0) is 25.0 Å². The summed E-state index contributed by atoms with van der Waals surface area (Å²) in [5.41, 5.74) is 2.32. The molecule has 7 nitrogen and oxygen atoms in total. The molecular formula is C17H23N5O2S. The van der Waals surface area contributed by atoms with Crippen LogP contribution in [-0.2, 0) is 17.8 Å². The van der Waals surface area contributed by atoms with Gasteiger partial charge in [0.1, 0.15) is 5.01 Å². The molecule has 2 aromatic rings. The molecule has 1 aliphatic heterocycles. The van der Waals surface area contributed by atoms with Gasteiger partial charge in [0.15, 0.2) is 0 Å². The first-order valence-corrected chi connectivity index (χ1v) is 9.17. The number of nitrogens with one attached hydrogen (secondary N) is 2. The van der Waals surface area contributed by atoms with E-state index in [1.54, 1.807) is 0 Å². The molecule has 0 unspecified atom stereocenters. The first-order chi connectivity index (χ1) is 12.1. The SMILES string of the molecule is Cc1nnc(NC(=O)NCc2cccc(CN3CCO[C@H](C)C3)c2)s1. The van der Waals surface area contributed by atoms with E-state index in [0.29, 0.717) is 11.7 Å². The highest BCUT2D eigenvalue weighted by atomic mass is 32.1. The van der Waals surface area contributed by atoms with Gasteiger partial charge < -0.3 is 10.1 Å². The highest BCUT2D eigenvalue weighted by Gasteiger charge is 2.16. The Balaban J connectivity index is 1.50. The standard InChI is InChI=1S/C17H23N5O2S/c1-12-10-22(6-7-24-12)11-15-5-3-4-14(8-15)9-18-16(23)19-17-21-20-13(2)25-17/h3-5,8,12H,6-7,9-11H2,1-2H3,(H2,18,19,21,23)/t12-/m1/s1. The summed E-state index contributed by atoms with van der Waals surface area (Å²) in [5.74, 6) is 0. The zero-order valence-electron chi connectivity index (χ0n) is 14.5. The lowest BCUT2D eigenvalue weighted by atomic mass is 10.1. The summed E-state index contributed by atoms with van der Waals surface area (Å²) in [5, 5.41) is 14.6. The third kappa shape index (κ3) is 5.48. The van der Waals surface area contributed by atoms with Crippen LogP contribution in [0.15, 0.2) is 24.3 Å². The number of benzene rings is 1. The lowest BCUT2D eigenvalue weighted by molar-refractivity contribution is -0.0212. The minimum Gasteiger partial charge on any atom is -0.376 e. The maximum atomic E-state index is 11.9. The number of aryl methyl sites for hydroxylation is 1. The van der Waals surface area contributed by atoms with Crippen molar-refractivity contribution in [1.82, 2.24) is 20.4 Å². The lowest BCUT2D eigenvalue weighted by Crippen LogP contribution is -2.40. The van der Waals surface area contributed by atoms with Crippen LogP contribution in [0.3, 0.4) is 0 Å². The van der Waals surface area contributed by atoms with Crippen LogP contribution in [-0.4, -0.2) is 46.9 Å². The predicted molar refractivity (Wildman–Crippen MR) is 97.6 cm³/mol. The zero-order chi connectivity index (χ0) is 17.6. The number of anilines is 1. The largest absolute Gasteiger partial charge is 0.376 e. The molecule has 0 saturated carbocycles. The summed E-state index contributed by atoms with van der Waals surface area (Å²) in [7, 11) is 0. The molecule has 1 aliphatic rings. The minimum absolute atomic E-state index is 0.274. The zero-order valence-corrected chi connectivity index (χ0v) is 15.3. The van der Waals surface area contributed by atoms with Crippen molar-refractivity contribution < 1.29 is 9.53 Å². The Morgan fingerprint density at radius 2 is 2.24 bits per heavy atom. The molecule has 134 valence electrons. The second kappa shape index (κ2) is 8.37. The highest BCUT2D eigenvalue weighted by Crippen LogP contribution is 2.14. The van der Waals surface area contributed by atoms with Crippen LogP contribution in [0.2, 0.25) is 0 Å². The van der Waals surface area contributed by atoms with Crippen molar-refractivity contribution in [2.75, 3.05) is 25.0 Å². The summed E-state index contributed by atoms with van der Waals surface area (Å²) in [6, 6.07) is 8.02. The van der Waals surface area contributed by atoms with E-state index in [1.807, 2.05) is 19.1 Å². The van der Waals surface area contributed by atoms with Crippen molar-refractivity contribution in [3.8, 4) is 0 Å². The topological polar surface area (TPSA) is 79.4 Å². The van der Waals surface area contributed by atoms with Gasteiger partial charge >= 0.3 is 6.03 Å². The van der Waals surface area contributed by atoms with Gasteiger partial charge in [0, 0.05) is 26.2 Å². The molecule has 2 heterocycles. The second-order valence-electron chi connectivity index (χ2n) is 6.17. The van der Waals surface area contributed by atoms with E-state index in [4.69, 9.17) is 4.74 Å². The molecule has 0 aliphatic carbocycles. The van der Waals surface area contributed by atoms with Gasteiger partial charge in [0.2, 0.25) is 5.13 Å². The number of hydrogen-bond acceptors (Lipinski definition) is 6. The van der Waals surface area contributed by atoms with Gasteiger partial charge in [-0.3, -0.25) is 10.2 Å². The molecule has 0 spiro atoms. The van der Waals surface area contributed by atoms with Gasteiger partial charge in [-0.2, -0.15) is 0 Å². The van der Waals surface area contributed by atoms with E-state index in [1.165, 1.54) is 16.9 Å². The Morgan fingerprint density at radius 1 is 1.40 bits per heavy atom. The predicted octanol–water partition coefficient (Wildman–Crippen LogP) is 2.39. The quantitative estimate of drug-likeness (QED) is 0.855. The van der Waals surface area contributed by atoms with E-state index in [2.05, 4.69) is 44.8 Å². The number of urea groups is 1. The smallest absolute Gasteiger partial charge is 0.321 e. The summed E-state index contributed by atoms with van der Waals surface area (Å²) in [4.78, 5) is 14.3. The Bertz CT molecular complexity index is 721. The summed E-state index contributed by atoms with van der Waals surface area (Å²) >= 11 is 1.35. The number of carbonyl (C=O) groups excluding carboxylic acids is 1. The summed E-state index contributed by atoms with van der Waals surface area (Å²) < 4.78 is 5.58. The van der Waals surface area contributed by atoms with Crippen LogP contribution in [0.5, 0.6) is 0 Å². The van der Waals surface area contributed by atoms with Crippen LogP contribution >= 0.6 is 11.3 Å². The molecule has 2 amide bonds. The van der Waals surface area contributed by atoms with Crippen LogP contribution in [0, 0.1) is 6.92 Å². The molecule has 1 aromatic carbocycles. The summed E-state index contributed by atoms with van der Waals surface area (Å²) in [6.45, 7) is 8.01. The van der Waals surface area contributed by atoms with Crippen molar-refractivity contribution in [2.24, 2.45) is 0 Å². The molecule has 2 N–H and O–H groups in total. The van der Waals surface area contributed by atoms with Crippen molar-refractivity contribution in [2.45, 2.75) is 33.0 Å².